The summed E-state index contributed by atoms with van der Waals surface area (Å²) in [7, 11) is 0. The highest BCUT2D eigenvalue weighted by molar-refractivity contribution is 5.30. The average molecular weight is 190 g/mol. The molecule has 1 saturated carbocycles. The van der Waals surface area contributed by atoms with E-state index in [1.54, 1.807) is 0 Å². The molecule has 1 aromatic heterocycles. The molecule has 0 atom stereocenters. The molecule has 2 rings (SSSR count). The van der Waals surface area contributed by atoms with Gasteiger partial charge in [0.15, 0.2) is 0 Å². The Balaban J connectivity index is 2.05. The summed E-state index contributed by atoms with van der Waals surface area (Å²) in [4.78, 5) is 3.97. The van der Waals surface area contributed by atoms with Crippen LogP contribution in [-0.2, 0) is 6.54 Å². The van der Waals surface area contributed by atoms with E-state index in [0.29, 0.717) is 23.8 Å². The molecule has 3 heteroatoms. The summed E-state index contributed by atoms with van der Waals surface area (Å²) in [5.74, 6) is 2.02. The fraction of sp³-hybridized carbons (Fsp3) is 0.364. The lowest BCUT2D eigenvalue weighted by Crippen LogP contribution is -2.17. The van der Waals surface area contributed by atoms with E-state index in [4.69, 9.17) is 6.42 Å². The standard InChI is InChI=1S/C11H11FN2/c1-2-8-5-10(12)11(14-6-8)7-13-9-3-4-9/h1,5-6,9,13H,3-4,7H2. The Morgan fingerprint density at radius 2 is 2.43 bits per heavy atom. The first-order valence-electron chi connectivity index (χ1n) is 4.64. The van der Waals surface area contributed by atoms with Gasteiger partial charge < -0.3 is 5.32 Å². The van der Waals surface area contributed by atoms with Crippen LogP contribution in [0.5, 0.6) is 0 Å². The normalized spacial score (nSPS) is 15.1. The van der Waals surface area contributed by atoms with Crippen molar-refractivity contribution in [3.05, 3.63) is 29.3 Å². The molecule has 0 aliphatic heterocycles. The lowest BCUT2D eigenvalue weighted by atomic mass is 10.2. The SMILES string of the molecule is C#Cc1cnc(CNC2CC2)c(F)c1. The molecule has 1 aromatic rings. The predicted molar refractivity (Wildman–Crippen MR) is 52.0 cm³/mol. The van der Waals surface area contributed by atoms with Crippen LogP contribution in [0.2, 0.25) is 0 Å². The van der Waals surface area contributed by atoms with Gasteiger partial charge in [-0.25, -0.2) is 4.39 Å². The molecule has 1 N–H and O–H groups in total. The Morgan fingerprint density at radius 1 is 1.64 bits per heavy atom. The van der Waals surface area contributed by atoms with E-state index in [-0.39, 0.29) is 5.82 Å². The number of nitrogens with one attached hydrogen (secondary N) is 1. The quantitative estimate of drug-likeness (QED) is 0.730. The number of nitrogens with zero attached hydrogens (tertiary/aromatic N) is 1. The molecule has 1 aliphatic rings. The Morgan fingerprint density at radius 3 is 3.00 bits per heavy atom. The van der Waals surface area contributed by atoms with Gasteiger partial charge in [-0.1, -0.05) is 5.92 Å². The molecule has 1 aliphatic carbocycles. The molecule has 1 heterocycles. The molecule has 0 spiro atoms. The minimum absolute atomic E-state index is 0.325. The summed E-state index contributed by atoms with van der Waals surface area (Å²) in [5.41, 5.74) is 0.925. The van der Waals surface area contributed by atoms with Crippen molar-refractivity contribution in [3.63, 3.8) is 0 Å². The van der Waals surface area contributed by atoms with Gasteiger partial charge in [-0.3, -0.25) is 4.98 Å². The molecular weight excluding hydrogens is 179 g/mol. The first-order valence-corrected chi connectivity index (χ1v) is 4.64. The van der Waals surface area contributed by atoms with E-state index in [0.717, 1.165) is 0 Å². The van der Waals surface area contributed by atoms with E-state index in [2.05, 4.69) is 16.2 Å². The van der Waals surface area contributed by atoms with Gasteiger partial charge in [0.1, 0.15) is 5.82 Å². The van der Waals surface area contributed by atoms with Crippen LogP contribution in [0.4, 0.5) is 4.39 Å². The van der Waals surface area contributed by atoms with Crippen molar-refractivity contribution in [2.24, 2.45) is 0 Å². The van der Waals surface area contributed by atoms with E-state index in [1.165, 1.54) is 25.1 Å². The zero-order valence-corrected chi connectivity index (χ0v) is 7.76. The van der Waals surface area contributed by atoms with Crippen LogP contribution in [0.3, 0.4) is 0 Å². The molecule has 0 saturated heterocycles. The van der Waals surface area contributed by atoms with Crippen LogP contribution in [0.1, 0.15) is 24.1 Å². The minimum Gasteiger partial charge on any atom is -0.308 e. The number of aromatic nitrogens is 1. The van der Waals surface area contributed by atoms with Crippen molar-refractivity contribution in [2.45, 2.75) is 25.4 Å². The highest BCUT2D eigenvalue weighted by atomic mass is 19.1. The molecule has 72 valence electrons. The number of pyridine rings is 1. The smallest absolute Gasteiger partial charge is 0.147 e. The molecule has 0 bridgehead atoms. The number of hydrogen-bond donors (Lipinski definition) is 1. The molecule has 2 nitrogen and oxygen atoms in total. The van der Waals surface area contributed by atoms with E-state index in [9.17, 15) is 4.39 Å². The number of halogens is 1. The molecule has 0 amide bonds. The van der Waals surface area contributed by atoms with Crippen molar-refractivity contribution in [3.8, 4) is 12.3 Å². The van der Waals surface area contributed by atoms with Crippen molar-refractivity contribution in [1.82, 2.24) is 10.3 Å². The van der Waals surface area contributed by atoms with Crippen LogP contribution >= 0.6 is 0 Å². The summed E-state index contributed by atoms with van der Waals surface area (Å²) >= 11 is 0. The third-order valence-corrected chi connectivity index (χ3v) is 2.22. The highest BCUT2D eigenvalue weighted by Gasteiger charge is 2.20. The van der Waals surface area contributed by atoms with Crippen LogP contribution in [0, 0.1) is 18.2 Å². The Bertz CT molecular complexity index is 377. The molecular formula is C11H11FN2. The zero-order chi connectivity index (χ0) is 9.97. The van der Waals surface area contributed by atoms with Gasteiger partial charge in [-0.15, -0.1) is 6.42 Å². The molecule has 0 unspecified atom stereocenters. The molecule has 0 radical (unpaired) electrons. The summed E-state index contributed by atoms with van der Waals surface area (Å²) in [5, 5.41) is 3.20. The van der Waals surface area contributed by atoms with Gasteiger partial charge in [-0.05, 0) is 18.9 Å². The van der Waals surface area contributed by atoms with Gasteiger partial charge in [-0.2, -0.15) is 0 Å². The number of rotatable bonds is 3. The molecule has 14 heavy (non-hydrogen) atoms. The summed E-state index contributed by atoms with van der Waals surface area (Å²) in [6.45, 7) is 0.487. The largest absolute Gasteiger partial charge is 0.308 e. The van der Waals surface area contributed by atoms with Crippen molar-refractivity contribution < 1.29 is 4.39 Å². The fourth-order valence-corrected chi connectivity index (χ4v) is 1.20. The molecule has 0 aromatic carbocycles. The monoisotopic (exact) mass is 190 g/mol. The van der Waals surface area contributed by atoms with Crippen molar-refractivity contribution in [1.29, 1.82) is 0 Å². The first kappa shape index (κ1) is 9.17. The van der Waals surface area contributed by atoms with E-state index < -0.39 is 0 Å². The van der Waals surface area contributed by atoms with Gasteiger partial charge >= 0.3 is 0 Å². The second kappa shape index (κ2) is 3.77. The number of hydrogen-bond acceptors (Lipinski definition) is 2. The maximum atomic E-state index is 13.3. The van der Waals surface area contributed by atoms with Gasteiger partial charge in [0, 0.05) is 24.3 Å². The molecule has 1 fully saturated rings. The zero-order valence-electron chi connectivity index (χ0n) is 7.76. The van der Waals surface area contributed by atoms with Crippen molar-refractivity contribution >= 4 is 0 Å². The summed E-state index contributed by atoms with van der Waals surface area (Å²) < 4.78 is 13.3. The summed E-state index contributed by atoms with van der Waals surface area (Å²) in [6.07, 6.45) is 9.02. The van der Waals surface area contributed by atoms with Crippen LogP contribution in [0.15, 0.2) is 12.3 Å². The maximum Gasteiger partial charge on any atom is 0.147 e. The van der Waals surface area contributed by atoms with E-state index in [1.807, 2.05) is 0 Å². The van der Waals surface area contributed by atoms with Crippen LogP contribution in [-0.4, -0.2) is 11.0 Å². The predicted octanol–water partition coefficient (Wildman–Crippen LogP) is 1.45. The maximum absolute atomic E-state index is 13.3. The second-order valence-corrected chi connectivity index (χ2v) is 3.45. The van der Waals surface area contributed by atoms with Crippen LogP contribution < -0.4 is 5.32 Å². The highest BCUT2D eigenvalue weighted by Crippen LogP contribution is 2.19. The lowest BCUT2D eigenvalue weighted by molar-refractivity contribution is 0.572. The van der Waals surface area contributed by atoms with Crippen LogP contribution in [0.25, 0.3) is 0 Å². The van der Waals surface area contributed by atoms with Crippen molar-refractivity contribution in [2.75, 3.05) is 0 Å². The third kappa shape index (κ3) is 2.09. The fourth-order valence-electron chi connectivity index (χ4n) is 1.20. The topological polar surface area (TPSA) is 24.9 Å². The first-order chi connectivity index (χ1) is 6.79. The average Bonchev–Trinajstić information content (AvgIpc) is 2.99. The third-order valence-electron chi connectivity index (χ3n) is 2.22. The Kier molecular flexibility index (Phi) is 2.47. The Hall–Kier alpha value is -1.40. The minimum atomic E-state index is -0.325. The second-order valence-electron chi connectivity index (χ2n) is 3.45. The number of terminal acetylenes is 1. The Labute approximate surface area is 82.5 Å². The van der Waals surface area contributed by atoms with E-state index >= 15 is 0 Å². The summed E-state index contributed by atoms with van der Waals surface area (Å²) in [6, 6.07) is 1.90. The van der Waals surface area contributed by atoms with Gasteiger partial charge in [0.05, 0.1) is 5.69 Å². The lowest BCUT2D eigenvalue weighted by Gasteiger charge is -2.03. The van der Waals surface area contributed by atoms with Gasteiger partial charge in [0.25, 0.3) is 0 Å². The van der Waals surface area contributed by atoms with Gasteiger partial charge in [0.2, 0.25) is 0 Å².